The van der Waals surface area contributed by atoms with Crippen LogP contribution in [0.5, 0.6) is 0 Å². The lowest BCUT2D eigenvalue weighted by Crippen LogP contribution is -2.44. The van der Waals surface area contributed by atoms with Crippen LogP contribution >= 0.6 is 23.2 Å². The number of benzene rings is 1. The predicted octanol–water partition coefficient (Wildman–Crippen LogP) is 6.32. The Balaban J connectivity index is 1.21. The molecule has 5 rings (SSSR count). The van der Waals surface area contributed by atoms with Crippen molar-refractivity contribution in [2.24, 2.45) is 11.8 Å². The number of likely N-dealkylation sites (tertiary alicyclic amines) is 1. The first-order chi connectivity index (χ1) is 20.5. The van der Waals surface area contributed by atoms with Crippen LogP contribution in [0.1, 0.15) is 55.6 Å². The fourth-order valence-electron chi connectivity index (χ4n) is 6.31. The average Bonchev–Trinajstić information content (AvgIpc) is 3.41. The molecule has 1 aromatic heterocycles. The largest absolute Gasteiger partial charge is 0.446 e. The molecule has 0 bridgehead atoms. The number of nitriles is 1. The Morgan fingerprint density at radius 3 is 2.33 bits per heavy atom. The predicted molar refractivity (Wildman–Crippen MR) is 155 cm³/mol. The van der Waals surface area contributed by atoms with Crippen LogP contribution in [0.3, 0.4) is 0 Å². The Hall–Kier alpha value is -3.23. The van der Waals surface area contributed by atoms with Crippen LogP contribution in [0.4, 0.5) is 23.8 Å². The second-order valence-electron chi connectivity index (χ2n) is 11.5. The van der Waals surface area contributed by atoms with Gasteiger partial charge >= 0.3 is 12.3 Å². The maximum atomic E-state index is 13.7. The summed E-state index contributed by atoms with van der Waals surface area (Å²) in [7, 11) is 0. The monoisotopic (exact) mass is 637 g/mol. The highest BCUT2D eigenvalue weighted by molar-refractivity contribution is 6.42. The molecule has 0 spiro atoms. The van der Waals surface area contributed by atoms with E-state index in [2.05, 4.69) is 21.3 Å². The van der Waals surface area contributed by atoms with E-state index in [0.29, 0.717) is 48.1 Å². The lowest BCUT2D eigenvalue weighted by atomic mass is 9.87. The fourth-order valence-corrected chi connectivity index (χ4v) is 6.62. The molecule has 1 aliphatic carbocycles. The number of anilines is 1. The van der Waals surface area contributed by atoms with Gasteiger partial charge in [-0.15, -0.1) is 0 Å². The van der Waals surface area contributed by atoms with Crippen molar-refractivity contribution in [2.75, 3.05) is 31.1 Å². The van der Waals surface area contributed by atoms with Crippen molar-refractivity contribution in [2.45, 2.75) is 62.8 Å². The minimum Gasteiger partial charge on any atom is -0.446 e. The summed E-state index contributed by atoms with van der Waals surface area (Å²) in [6, 6.07) is 10.3. The minimum atomic E-state index is -4.24. The van der Waals surface area contributed by atoms with E-state index in [1.54, 1.807) is 29.2 Å². The highest BCUT2D eigenvalue weighted by Gasteiger charge is 2.43. The molecule has 2 aliphatic heterocycles. The zero-order valence-electron chi connectivity index (χ0n) is 23.3. The Bertz CT molecular complexity index is 1350. The summed E-state index contributed by atoms with van der Waals surface area (Å²) in [4.78, 5) is 34.8. The van der Waals surface area contributed by atoms with Crippen LogP contribution in [-0.4, -0.2) is 66.4 Å². The number of carbonyl (C=O) groups excluding carboxylic acids is 2. The van der Waals surface area contributed by atoms with Crippen molar-refractivity contribution in [3.8, 4) is 6.07 Å². The van der Waals surface area contributed by atoms with Crippen molar-refractivity contribution in [1.29, 1.82) is 5.26 Å². The normalized spacial score (nSPS) is 24.8. The molecule has 2 amide bonds. The van der Waals surface area contributed by atoms with E-state index < -0.39 is 30.3 Å². The number of halogens is 5. The SMILES string of the molecule is N#Cc1ccc(N2CCC(C(=O)N3C[C@@H](NC(=O)OC4CCC(C(F)(F)F)CC4)[C@H](c4ccc(Cl)c(Cl)c4)C3)CC2)nc1. The van der Waals surface area contributed by atoms with E-state index >= 15 is 0 Å². The van der Waals surface area contributed by atoms with Gasteiger partial charge in [-0.05, 0) is 68.4 Å². The summed E-state index contributed by atoms with van der Waals surface area (Å²) < 4.78 is 44.6. The molecule has 3 heterocycles. The Morgan fingerprint density at radius 2 is 1.72 bits per heavy atom. The van der Waals surface area contributed by atoms with E-state index in [-0.39, 0.29) is 50.0 Å². The first-order valence-electron chi connectivity index (χ1n) is 14.4. The zero-order valence-corrected chi connectivity index (χ0v) is 24.8. The molecule has 2 atom stereocenters. The van der Waals surface area contributed by atoms with Crippen LogP contribution in [0.2, 0.25) is 10.0 Å². The van der Waals surface area contributed by atoms with Crippen LogP contribution in [-0.2, 0) is 9.53 Å². The molecular formula is C30H32Cl2F3N5O3. The molecule has 43 heavy (non-hydrogen) atoms. The van der Waals surface area contributed by atoms with Gasteiger partial charge < -0.3 is 19.9 Å². The molecule has 230 valence electrons. The number of alkyl carbamates (subject to hydrolysis) is 1. The van der Waals surface area contributed by atoms with Gasteiger partial charge in [0.15, 0.2) is 0 Å². The minimum absolute atomic E-state index is 0.000591. The number of pyridine rings is 1. The first-order valence-corrected chi connectivity index (χ1v) is 15.2. The van der Waals surface area contributed by atoms with E-state index in [9.17, 15) is 22.8 Å². The lowest BCUT2D eigenvalue weighted by Gasteiger charge is -2.34. The van der Waals surface area contributed by atoms with Crippen molar-refractivity contribution in [3.05, 3.63) is 57.7 Å². The fraction of sp³-hybridized carbons (Fsp3) is 0.533. The molecule has 13 heteroatoms. The molecule has 0 unspecified atom stereocenters. The van der Waals surface area contributed by atoms with Gasteiger partial charge in [0.2, 0.25) is 5.91 Å². The molecule has 1 N–H and O–H groups in total. The summed E-state index contributed by atoms with van der Waals surface area (Å²) in [5, 5.41) is 12.6. The van der Waals surface area contributed by atoms with Gasteiger partial charge in [0.25, 0.3) is 0 Å². The van der Waals surface area contributed by atoms with Crippen molar-refractivity contribution < 1.29 is 27.5 Å². The number of aromatic nitrogens is 1. The van der Waals surface area contributed by atoms with E-state index in [4.69, 9.17) is 33.2 Å². The highest BCUT2D eigenvalue weighted by atomic mass is 35.5. The second-order valence-corrected chi connectivity index (χ2v) is 12.3. The summed E-state index contributed by atoms with van der Waals surface area (Å²) in [5.41, 5.74) is 1.29. The second kappa shape index (κ2) is 13.2. The number of rotatable bonds is 5. The maximum absolute atomic E-state index is 13.7. The number of piperidine rings is 1. The topological polar surface area (TPSA) is 98.6 Å². The zero-order chi connectivity index (χ0) is 30.7. The van der Waals surface area contributed by atoms with Gasteiger partial charge in [0, 0.05) is 44.2 Å². The van der Waals surface area contributed by atoms with Gasteiger partial charge in [-0.3, -0.25) is 4.79 Å². The lowest BCUT2D eigenvalue weighted by molar-refractivity contribution is -0.185. The Kier molecular flexibility index (Phi) is 9.57. The number of nitrogens with one attached hydrogen (secondary N) is 1. The van der Waals surface area contributed by atoms with E-state index in [0.717, 1.165) is 11.4 Å². The third-order valence-corrected chi connectivity index (χ3v) is 9.50. The summed E-state index contributed by atoms with van der Waals surface area (Å²) in [6.45, 7) is 1.90. The van der Waals surface area contributed by atoms with Crippen LogP contribution in [0.25, 0.3) is 0 Å². The van der Waals surface area contributed by atoms with Gasteiger partial charge in [-0.2, -0.15) is 18.4 Å². The van der Waals surface area contributed by atoms with Crippen LogP contribution in [0.15, 0.2) is 36.5 Å². The smallest absolute Gasteiger partial charge is 0.407 e. The number of nitrogens with zero attached hydrogens (tertiary/aromatic N) is 4. The van der Waals surface area contributed by atoms with Crippen molar-refractivity contribution in [3.63, 3.8) is 0 Å². The van der Waals surface area contributed by atoms with E-state index in [1.807, 2.05) is 6.07 Å². The highest BCUT2D eigenvalue weighted by Crippen LogP contribution is 2.39. The molecule has 1 saturated carbocycles. The standard InChI is InChI=1S/C30H32Cl2F3N5O3/c31-24-7-2-20(13-25(24)32)23-16-40(17-26(23)38-29(42)43-22-5-3-21(4-6-22)30(33,34)35)28(41)19-9-11-39(12-10-19)27-8-1-18(14-36)15-37-27/h1-2,7-8,13,15,19,21-23,26H,3-6,9-12,16-17H2,(H,38,42)/t21?,22?,23-,26+/m0/s1. The van der Waals surface area contributed by atoms with Crippen molar-refractivity contribution in [1.82, 2.24) is 15.2 Å². The number of carbonyl (C=O) groups is 2. The quantitative estimate of drug-likeness (QED) is 0.412. The van der Waals surface area contributed by atoms with Gasteiger partial charge in [-0.1, -0.05) is 29.3 Å². The maximum Gasteiger partial charge on any atom is 0.407 e. The number of ether oxygens (including phenoxy) is 1. The molecule has 1 aromatic carbocycles. The first kappa shape index (κ1) is 31.2. The average molecular weight is 639 g/mol. The Labute approximate surface area is 258 Å². The number of hydrogen-bond acceptors (Lipinski definition) is 6. The van der Waals surface area contributed by atoms with Crippen molar-refractivity contribution >= 4 is 41.0 Å². The van der Waals surface area contributed by atoms with E-state index in [1.165, 1.54) is 6.20 Å². The van der Waals surface area contributed by atoms with Gasteiger partial charge in [0.1, 0.15) is 18.0 Å². The number of amides is 2. The molecule has 3 aliphatic rings. The van der Waals surface area contributed by atoms with Gasteiger partial charge in [0.05, 0.1) is 27.6 Å². The summed E-state index contributed by atoms with van der Waals surface area (Å²) in [5.74, 6) is -1.08. The third kappa shape index (κ3) is 7.47. The molecular weight excluding hydrogens is 606 g/mol. The van der Waals surface area contributed by atoms with Gasteiger partial charge in [-0.25, -0.2) is 9.78 Å². The van der Waals surface area contributed by atoms with Crippen LogP contribution < -0.4 is 10.2 Å². The molecule has 0 radical (unpaired) electrons. The molecule has 2 aromatic rings. The third-order valence-electron chi connectivity index (χ3n) is 8.76. The molecule has 8 nitrogen and oxygen atoms in total. The van der Waals surface area contributed by atoms with Crippen LogP contribution in [0, 0.1) is 23.2 Å². The number of alkyl halides is 3. The molecule has 3 fully saturated rings. The number of hydrogen-bond donors (Lipinski definition) is 1. The summed E-state index contributed by atoms with van der Waals surface area (Å²) in [6.07, 6.45) is -2.56. The Morgan fingerprint density at radius 1 is 1.00 bits per heavy atom. The molecule has 2 saturated heterocycles. The summed E-state index contributed by atoms with van der Waals surface area (Å²) >= 11 is 12.4.